The Bertz CT molecular complexity index is 236. The molecular formula is C12H18. The van der Waals surface area contributed by atoms with Crippen LogP contribution in [0.2, 0.25) is 0 Å². The van der Waals surface area contributed by atoms with Crippen molar-refractivity contribution in [1.29, 1.82) is 0 Å². The lowest BCUT2D eigenvalue weighted by atomic mass is 9.68. The lowest BCUT2D eigenvalue weighted by Crippen LogP contribution is -2.26. The largest absolute Gasteiger partial charge is 0.0670 e. The molecule has 66 valence electrons. The van der Waals surface area contributed by atoms with E-state index in [2.05, 4.69) is 6.92 Å². The first-order valence-electron chi connectivity index (χ1n) is 5.61. The fourth-order valence-electron chi connectivity index (χ4n) is 3.80. The minimum absolute atomic E-state index is 0.975. The molecule has 0 aromatic rings. The second kappa shape index (κ2) is 2.37. The molecule has 0 bridgehead atoms. The van der Waals surface area contributed by atoms with Crippen molar-refractivity contribution >= 4 is 0 Å². The highest BCUT2D eigenvalue weighted by Crippen LogP contribution is 2.57. The standard InChI is InChI=1S/C12H18/c1-8-10-5-3-2-4-9-6-7-11(8)12(9)10/h8-9,11H,2-7H2,1H3. The molecule has 0 nitrogen and oxygen atoms in total. The van der Waals surface area contributed by atoms with Crippen molar-refractivity contribution in [2.24, 2.45) is 17.8 Å². The molecule has 1 fully saturated rings. The molecule has 0 aromatic heterocycles. The monoisotopic (exact) mass is 162 g/mol. The summed E-state index contributed by atoms with van der Waals surface area (Å²) in [5, 5.41) is 0. The number of hydrogen-bond acceptors (Lipinski definition) is 0. The maximum absolute atomic E-state index is 2.46. The van der Waals surface area contributed by atoms with Crippen LogP contribution in [0.3, 0.4) is 0 Å². The van der Waals surface area contributed by atoms with Gasteiger partial charge in [-0.3, -0.25) is 0 Å². The van der Waals surface area contributed by atoms with Gasteiger partial charge in [-0.2, -0.15) is 0 Å². The van der Waals surface area contributed by atoms with Gasteiger partial charge in [0.15, 0.2) is 0 Å². The summed E-state index contributed by atoms with van der Waals surface area (Å²) in [6.07, 6.45) is 8.98. The van der Waals surface area contributed by atoms with Crippen molar-refractivity contribution in [3.8, 4) is 0 Å². The fraction of sp³-hybridized carbons (Fsp3) is 0.833. The van der Waals surface area contributed by atoms with Crippen molar-refractivity contribution in [3.05, 3.63) is 11.1 Å². The molecule has 12 heavy (non-hydrogen) atoms. The topological polar surface area (TPSA) is 0 Å². The van der Waals surface area contributed by atoms with Gasteiger partial charge in [0.2, 0.25) is 0 Å². The highest BCUT2D eigenvalue weighted by Gasteiger charge is 2.44. The smallest absolute Gasteiger partial charge is 0.0134 e. The van der Waals surface area contributed by atoms with Gasteiger partial charge in [-0.25, -0.2) is 0 Å². The quantitative estimate of drug-likeness (QED) is 0.478. The zero-order valence-corrected chi connectivity index (χ0v) is 7.97. The average Bonchev–Trinajstić information content (AvgIpc) is 2.36. The summed E-state index contributed by atoms with van der Waals surface area (Å²) in [7, 11) is 0. The molecule has 0 aliphatic heterocycles. The predicted molar refractivity (Wildman–Crippen MR) is 50.9 cm³/mol. The van der Waals surface area contributed by atoms with Crippen LogP contribution in [-0.4, -0.2) is 0 Å². The van der Waals surface area contributed by atoms with E-state index < -0.39 is 0 Å². The average molecular weight is 162 g/mol. The summed E-state index contributed by atoms with van der Waals surface area (Å²) in [6.45, 7) is 2.46. The molecule has 0 saturated heterocycles. The summed E-state index contributed by atoms with van der Waals surface area (Å²) in [6, 6.07) is 0. The van der Waals surface area contributed by atoms with Crippen molar-refractivity contribution < 1.29 is 0 Å². The van der Waals surface area contributed by atoms with Crippen molar-refractivity contribution in [2.75, 3.05) is 0 Å². The third kappa shape index (κ3) is 0.739. The molecule has 0 radical (unpaired) electrons. The molecule has 0 N–H and O–H groups in total. The Hall–Kier alpha value is -0.260. The van der Waals surface area contributed by atoms with Crippen LogP contribution < -0.4 is 0 Å². The Morgan fingerprint density at radius 3 is 2.92 bits per heavy atom. The zero-order chi connectivity index (χ0) is 8.13. The van der Waals surface area contributed by atoms with E-state index in [4.69, 9.17) is 0 Å². The summed E-state index contributed by atoms with van der Waals surface area (Å²) in [4.78, 5) is 0. The van der Waals surface area contributed by atoms with Crippen LogP contribution in [0.15, 0.2) is 11.1 Å². The van der Waals surface area contributed by atoms with E-state index in [1.807, 2.05) is 11.1 Å². The molecule has 0 heteroatoms. The first kappa shape index (κ1) is 7.17. The molecule has 0 heterocycles. The first-order chi connectivity index (χ1) is 5.88. The lowest BCUT2D eigenvalue weighted by Gasteiger charge is -2.37. The molecule has 1 saturated carbocycles. The maximum atomic E-state index is 2.46. The third-order valence-corrected chi connectivity index (χ3v) is 4.44. The van der Waals surface area contributed by atoms with Crippen LogP contribution in [0.1, 0.15) is 45.4 Å². The summed E-state index contributed by atoms with van der Waals surface area (Å²) in [5.74, 6) is 3.06. The highest BCUT2D eigenvalue weighted by molar-refractivity contribution is 5.37. The molecule has 3 aliphatic carbocycles. The van der Waals surface area contributed by atoms with Gasteiger partial charge in [0.05, 0.1) is 0 Å². The SMILES string of the molecule is CC1C2=C3C(CCCC2)CCC31. The number of allylic oxidation sites excluding steroid dienone is 2. The van der Waals surface area contributed by atoms with E-state index in [1.54, 1.807) is 0 Å². The van der Waals surface area contributed by atoms with Crippen LogP contribution in [-0.2, 0) is 0 Å². The Kier molecular flexibility index (Phi) is 1.42. The molecule has 3 rings (SSSR count). The Morgan fingerprint density at radius 1 is 1.08 bits per heavy atom. The van der Waals surface area contributed by atoms with Gasteiger partial charge in [0.25, 0.3) is 0 Å². The van der Waals surface area contributed by atoms with Crippen LogP contribution in [0.5, 0.6) is 0 Å². The van der Waals surface area contributed by atoms with E-state index in [9.17, 15) is 0 Å². The second-order valence-corrected chi connectivity index (χ2v) is 4.90. The second-order valence-electron chi connectivity index (χ2n) is 4.90. The lowest BCUT2D eigenvalue weighted by molar-refractivity contribution is 0.393. The highest BCUT2D eigenvalue weighted by atomic mass is 14.5. The van der Waals surface area contributed by atoms with E-state index in [1.165, 1.54) is 38.5 Å². The van der Waals surface area contributed by atoms with Gasteiger partial charge < -0.3 is 0 Å². The van der Waals surface area contributed by atoms with Gasteiger partial charge in [0, 0.05) is 0 Å². The van der Waals surface area contributed by atoms with Gasteiger partial charge in [0.1, 0.15) is 0 Å². The zero-order valence-electron chi connectivity index (χ0n) is 7.97. The normalized spacial score (nSPS) is 45.2. The fourth-order valence-corrected chi connectivity index (χ4v) is 3.80. The minimum Gasteiger partial charge on any atom is -0.0670 e. The Balaban J connectivity index is 1.99. The summed E-state index contributed by atoms with van der Waals surface area (Å²) >= 11 is 0. The summed E-state index contributed by atoms with van der Waals surface area (Å²) < 4.78 is 0. The molecule has 3 aliphatic rings. The van der Waals surface area contributed by atoms with Crippen LogP contribution in [0.4, 0.5) is 0 Å². The predicted octanol–water partition coefficient (Wildman–Crippen LogP) is 3.53. The number of hydrogen-bond donors (Lipinski definition) is 0. The maximum Gasteiger partial charge on any atom is -0.0134 e. The van der Waals surface area contributed by atoms with Crippen molar-refractivity contribution in [2.45, 2.75) is 45.4 Å². The van der Waals surface area contributed by atoms with Crippen molar-refractivity contribution in [3.63, 3.8) is 0 Å². The Morgan fingerprint density at radius 2 is 2.00 bits per heavy atom. The minimum atomic E-state index is 0.975. The molecule has 0 amide bonds. The van der Waals surface area contributed by atoms with Crippen LogP contribution in [0, 0.1) is 17.8 Å². The molecule has 3 atom stereocenters. The van der Waals surface area contributed by atoms with Gasteiger partial charge in [-0.05, 0) is 49.9 Å². The summed E-state index contributed by atoms with van der Waals surface area (Å²) in [5.41, 5.74) is 3.83. The van der Waals surface area contributed by atoms with E-state index >= 15 is 0 Å². The van der Waals surface area contributed by atoms with Gasteiger partial charge in [-0.1, -0.05) is 24.5 Å². The van der Waals surface area contributed by atoms with Crippen LogP contribution >= 0.6 is 0 Å². The first-order valence-corrected chi connectivity index (χ1v) is 5.61. The Labute approximate surface area is 75.0 Å². The van der Waals surface area contributed by atoms with Crippen LogP contribution in [0.25, 0.3) is 0 Å². The van der Waals surface area contributed by atoms with Gasteiger partial charge >= 0.3 is 0 Å². The molecule has 0 aromatic carbocycles. The van der Waals surface area contributed by atoms with Gasteiger partial charge in [-0.15, -0.1) is 0 Å². The molecular weight excluding hydrogens is 144 g/mol. The van der Waals surface area contributed by atoms with E-state index in [0.717, 1.165) is 17.8 Å². The number of rotatable bonds is 0. The van der Waals surface area contributed by atoms with E-state index in [0.29, 0.717) is 0 Å². The van der Waals surface area contributed by atoms with E-state index in [-0.39, 0.29) is 0 Å². The molecule has 0 spiro atoms. The third-order valence-electron chi connectivity index (χ3n) is 4.44. The van der Waals surface area contributed by atoms with Crippen molar-refractivity contribution in [1.82, 2.24) is 0 Å². The molecule has 3 unspecified atom stereocenters.